The summed E-state index contributed by atoms with van der Waals surface area (Å²) in [5.41, 5.74) is 0.537. The molecular weight excluding hydrogens is 234 g/mol. The van der Waals surface area contributed by atoms with E-state index in [1.165, 1.54) is 4.52 Å². The summed E-state index contributed by atoms with van der Waals surface area (Å²) in [5, 5.41) is 17.2. The maximum absolute atomic E-state index is 11.8. The van der Waals surface area contributed by atoms with E-state index in [1.807, 2.05) is 0 Å². The van der Waals surface area contributed by atoms with E-state index in [4.69, 9.17) is 0 Å². The molecule has 0 bridgehead atoms. The number of tetrazole rings is 1. The minimum absolute atomic E-state index is 0.0254. The van der Waals surface area contributed by atoms with Crippen LogP contribution in [0.15, 0.2) is 12.4 Å². The average Bonchev–Trinajstić information content (AvgIpc) is 3.04. The molecule has 0 radical (unpaired) electrons. The van der Waals surface area contributed by atoms with Gasteiger partial charge in [0.15, 0.2) is 11.5 Å². The summed E-state index contributed by atoms with van der Waals surface area (Å²) >= 11 is 0. The molecular formula is C10H13N7O. The Morgan fingerprint density at radius 2 is 2.33 bits per heavy atom. The van der Waals surface area contributed by atoms with Crippen LogP contribution in [0.4, 0.5) is 5.82 Å². The first-order valence-corrected chi connectivity index (χ1v) is 5.83. The van der Waals surface area contributed by atoms with Crippen LogP contribution in [-0.4, -0.2) is 43.0 Å². The number of rotatable bonds is 4. The summed E-state index contributed by atoms with van der Waals surface area (Å²) in [7, 11) is 0. The second kappa shape index (κ2) is 4.21. The first-order chi connectivity index (χ1) is 8.74. The largest absolute Gasteiger partial charge is 0.357 e. The molecule has 2 aromatic heterocycles. The Balaban J connectivity index is 1.74. The molecule has 0 aliphatic heterocycles. The maximum atomic E-state index is 11.8. The Bertz CT molecular complexity index is 576. The van der Waals surface area contributed by atoms with E-state index in [0.717, 1.165) is 12.8 Å². The van der Waals surface area contributed by atoms with Gasteiger partial charge in [-0.25, -0.2) is 0 Å². The number of hydrogen-bond donors (Lipinski definition) is 2. The quantitative estimate of drug-likeness (QED) is 0.763. The van der Waals surface area contributed by atoms with E-state index < -0.39 is 0 Å². The van der Waals surface area contributed by atoms with Crippen molar-refractivity contribution in [3.63, 3.8) is 0 Å². The summed E-state index contributed by atoms with van der Waals surface area (Å²) in [4.78, 5) is 15.8. The van der Waals surface area contributed by atoms with Crippen LogP contribution in [0.2, 0.25) is 0 Å². The van der Waals surface area contributed by atoms with Gasteiger partial charge in [-0.1, -0.05) is 0 Å². The zero-order valence-electron chi connectivity index (χ0n) is 9.87. The van der Waals surface area contributed by atoms with Crippen molar-refractivity contribution >= 4 is 17.4 Å². The molecule has 1 aliphatic rings. The van der Waals surface area contributed by atoms with Gasteiger partial charge < -0.3 is 10.6 Å². The first kappa shape index (κ1) is 10.9. The maximum Gasteiger partial charge on any atom is 0.242 e. The lowest BCUT2D eigenvalue weighted by atomic mass is 10.3. The normalized spacial score (nSPS) is 16.5. The van der Waals surface area contributed by atoms with Crippen LogP contribution < -0.4 is 10.6 Å². The highest BCUT2D eigenvalue weighted by Crippen LogP contribution is 2.19. The average molecular weight is 247 g/mol. The molecule has 1 aliphatic carbocycles. The van der Waals surface area contributed by atoms with Crippen LogP contribution in [0, 0.1) is 0 Å². The van der Waals surface area contributed by atoms with Gasteiger partial charge >= 0.3 is 0 Å². The minimum Gasteiger partial charge on any atom is -0.357 e. The molecule has 0 saturated heterocycles. The van der Waals surface area contributed by atoms with Gasteiger partial charge in [-0.15, -0.1) is 5.10 Å². The van der Waals surface area contributed by atoms with Crippen molar-refractivity contribution in [1.29, 1.82) is 0 Å². The molecule has 8 heteroatoms. The third-order valence-electron chi connectivity index (χ3n) is 2.79. The van der Waals surface area contributed by atoms with Gasteiger partial charge in [-0.3, -0.25) is 9.78 Å². The minimum atomic E-state index is -0.359. The Labute approximate surface area is 103 Å². The fourth-order valence-corrected chi connectivity index (χ4v) is 1.61. The molecule has 2 heterocycles. The zero-order chi connectivity index (χ0) is 12.5. The van der Waals surface area contributed by atoms with Crippen molar-refractivity contribution in [2.45, 2.75) is 31.8 Å². The van der Waals surface area contributed by atoms with Gasteiger partial charge in [0.1, 0.15) is 6.04 Å². The molecule has 0 aromatic carbocycles. The molecule has 94 valence electrons. The van der Waals surface area contributed by atoms with Gasteiger partial charge in [-0.05, 0) is 30.2 Å². The predicted molar refractivity (Wildman–Crippen MR) is 62.8 cm³/mol. The summed E-state index contributed by atoms with van der Waals surface area (Å²) in [5.74, 6) is 0.568. The number of fused-ring (bicyclic) bond motifs is 1. The molecule has 2 N–H and O–H groups in total. The molecule has 1 unspecified atom stereocenters. The third kappa shape index (κ3) is 2.08. The number of nitrogens with one attached hydrogen (secondary N) is 2. The van der Waals surface area contributed by atoms with Crippen molar-refractivity contribution in [3.05, 3.63) is 12.4 Å². The second-order valence-electron chi connectivity index (χ2n) is 4.39. The highest BCUT2D eigenvalue weighted by molar-refractivity contribution is 5.84. The third-order valence-corrected chi connectivity index (χ3v) is 2.79. The van der Waals surface area contributed by atoms with E-state index in [-0.39, 0.29) is 11.9 Å². The van der Waals surface area contributed by atoms with E-state index >= 15 is 0 Å². The predicted octanol–water partition coefficient (Wildman–Crippen LogP) is -0.402. The van der Waals surface area contributed by atoms with Gasteiger partial charge in [-0.2, -0.15) is 4.52 Å². The van der Waals surface area contributed by atoms with Crippen molar-refractivity contribution in [3.8, 4) is 0 Å². The van der Waals surface area contributed by atoms with Crippen molar-refractivity contribution < 1.29 is 4.79 Å². The standard InChI is InChI=1S/C10H13N7O/c1-6(10(18)13-7-2-3-7)12-8-4-11-5-9-14-15-16-17(8)9/h4-7,12H,2-3H2,1H3,(H,13,18). The molecule has 2 aromatic rings. The Morgan fingerprint density at radius 3 is 3.11 bits per heavy atom. The Morgan fingerprint density at radius 1 is 1.50 bits per heavy atom. The Kier molecular flexibility index (Phi) is 2.54. The lowest BCUT2D eigenvalue weighted by Gasteiger charge is -2.14. The molecule has 8 nitrogen and oxygen atoms in total. The van der Waals surface area contributed by atoms with Crippen molar-refractivity contribution in [2.24, 2.45) is 0 Å². The smallest absolute Gasteiger partial charge is 0.242 e. The number of carbonyl (C=O) groups excluding carboxylic acids is 1. The highest BCUT2D eigenvalue weighted by Gasteiger charge is 2.25. The molecule has 1 fully saturated rings. The zero-order valence-corrected chi connectivity index (χ0v) is 9.87. The van der Waals surface area contributed by atoms with E-state index in [2.05, 4.69) is 31.1 Å². The van der Waals surface area contributed by atoms with Gasteiger partial charge in [0.05, 0.1) is 12.4 Å². The molecule has 1 saturated carbocycles. The molecule has 0 spiro atoms. The number of nitrogens with zero attached hydrogens (tertiary/aromatic N) is 5. The van der Waals surface area contributed by atoms with Gasteiger partial charge in [0.25, 0.3) is 0 Å². The summed E-state index contributed by atoms with van der Waals surface area (Å²) in [6.07, 6.45) is 5.29. The van der Waals surface area contributed by atoms with E-state index in [9.17, 15) is 4.79 Å². The summed E-state index contributed by atoms with van der Waals surface area (Å²) in [6.45, 7) is 1.79. The number of anilines is 1. The number of amides is 1. The fraction of sp³-hybridized carbons (Fsp3) is 0.500. The molecule has 1 amide bonds. The van der Waals surface area contributed by atoms with Crippen LogP contribution in [0.25, 0.3) is 5.65 Å². The van der Waals surface area contributed by atoms with Crippen LogP contribution in [0.3, 0.4) is 0 Å². The lowest BCUT2D eigenvalue weighted by molar-refractivity contribution is -0.121. The lowest BCUT2D eigenvalue weighted by Crippen LogP contribution is -2.39. The molecule has 1 atom stereocenters. The summed E-state index contributed by atoms with van der Waals surface area (Å²) in [6, 6.07) is -0.00842. The number of hydrogen-bond acceptors (Lipinski definition) is 6. The van der Waals surface area contributed by atoms with Crippen molar-refractivity contribution in [1.82, 2.24) is 30.3 Å². The van der Waals surface area contributed by atoms with Crippen LogP contribution in [0.5, 0.6) is 0 Å². The van der Waals surface area contributed by atoms with Gasteiger partial charge in [0, 0.05) is 6.04 Å². The molecule has 3 rings (SSSR count). The fourth-order valence-electron chi connectivity index (χ4n) is 1.61. The van der Waals surface area contributed by atoms with Crippen molar-refractivity contribution in [2.75, 3.05) is 5.32 Å². The summed E-state index contributed by atoms with van der Waals surface area (Å²) < 4.78 is 1.51. The second-order valence-corrected chi connectivity index (χ2v) is 4.39. The number of carbonyl (C=O) groups is 1. The monoisotopic (exact) mass is 247 g/mol. The topological polar surface area (TPSA) is 97.1 Å². The SMILES string of the molecule is CC(Nc1cncc2nnnn12)C(=O)NC1CC1. The van der Waals surface area contributed by atoms with Crippen LogP contribution >= 0.6 is 0 Å². The Hall–Kier alpha value is -2.25. The molecule has 18 heavy (non-hydrogen) atoms. The van der Waals surface area contributed by atoms with E-state index in [1.54, 1.807) is 19.3 Å². The van der Waals surface area contributed by atoms with Crippen LogP contribution in [0.1, 0.15) is 19.8 Å². The first-order valence-electron chi connectivity index (χ1n) is 5.83. The van der Waals surface area contributed by atoms with Gasteiger partial charge in [0.2, 0.25) is 5.91 Å². The van der Waals surface area contributed by atoms with E-state index in [0.29, 0.717) is 17.5 Å². The highest BCUT2D eigenvalue weighted by atomic mass is 16.2. The van der Waals surface area contributed by atoms with Crippen LogP contribution in [-0.2, 0) is 4.79 Å². The number of aromatic nitrogens is 5.